The zero-order valence-corrected chi connectivity index (χ0v) is 26.7. The second-order valence-electron chi connectivity index (χ2n) is 12.4. The number of amides is 2. The molecule has 1 saturated carbocycles. The first-order chi connectivity index (χ1) is 21.6. The van der Waals surface area contributed by atoms with Crippen LogP contribution in [0.2, 0.25) is 0 Å². The summed E-state index contributed by atoms with van der Waals surface area (Å²) in [6, 6.07) is 17.5. The Morgan fingerprint density at radius 2 is 1.57 bits per heavy atom. The summed E-state index contributed by atoms with van der Waals surface area (Å²) in [7, 11) is 0. The van der Waals surface area contributed by atoms with Gasteiger partial charge in [-0.3, -0.25) is 19.5 Å². The van der Waals surface area contributed by atoms with Crippen LogP contribution in [0.25, 0.3) is 33.1 Å². The lowest BCUT2D eigenvalue weighted by atomic mass is 9.81. The minimum absolute atomic E-state index is 0. The third-order valence-corrected chi connectivity index (χ3v) is 9.01. The van der Waals surface area contributed by atoms with Crippen molar-refractivity contribution in [2.75, 3.05) is 11.4 Å². The molecule has 6 rings (SSSR count). The maximum atomic E-state index is 13.9. The van der Waals surface area contributed by atoms with Gasteiger partial charge in [0, 0.05) is 12.0 Å². The number of carbonyl (C=O) groups excluding carboxylic acids is 2. The molecule has 2 amide bonds. The largest absolute Gasteiger partial charge is 0.330 e. The van der Waals surface area contributed by atoms with Crippen LogP contribution in [0.4, 0.5) is 5.69 Å². The Kier molecular flexibility index (Phi) is 9.66. The first-order valence-corrected chi connectivity index (χ1v) is 15.5. The summed E-state index contributed by atoms with van der Waals surface area (Å²) in [6.45, 7) is 4.50. The lowest BCUT2D eigenvalue weighted by Crippen LogP contribution is -2.50. The van der Waals surface area contributed by atoms with Crippen LogP contribution < -0.4 is 27.6 Å². The Bertz CT molecular complexity index is 1980. The maximum absolute atomic E-state index is 13.9. The highest BCUT2D eigenvalue weighted by Crippen LogP contribution is 2.32. The van der Waals surface area contributed by atoms with Gasteiger partial charge in [-0.1, -0.05) is 30.3 Å². The number of H-pyrrole nitrogens is 3. The average molecular weight is 646 g/mol. The van der Waals surface area contributed by atoms with Gasteiger partial charge in [-0.2, -0.15) is 0 Å². The van der Waals surface area contributed by atoms with Gasteiger partial charge in [0.05, 0.1) is 33.7 Å². The molecule has 1 fully saturated rings. The van der Waals surface area contributed by atoms with Crippen LogP contribution in [0.3, 0.4) is 0 Å². The number of fused-ring (bicyclic) bond motifs is 2. The second-order valence-corrected chi connectivity index (χ2v) is 12.4. The Morgan fingerprint density at radius 1 is 0.891 bits per heavy atom. The molecule has 5 aromatic rings. The summed E-state index contributed by atoms with van der Waals surface area (Å²) < 4.78 is 1.62. The third kappa shape index (κ3) is 6.44. The van der Waals surface area contributed by atoms with Crippen LogP contribution in [-0.4, -0.2) is 44.1 Å². The van der Waals surface area contributed by atoms with Gasteiger partial charge in [-0.15, -0.1) is 12.4 Å². The fraction of sp³-hybridized carbons (Fsp3) is 0.353. The number of hydrogen-bond donors (Lipinski definition) is 5. The number of nitrogens with one attached hydrogen (secondary N) is 3. The van der Waals surface area contributed by atoms with Crippen LogP contribution in [0.5, 0.6) is 0 Å². The standard InChI is InChI=1S/C34H39N7O4.ClH/c1-19(2)41-32(43)26-13-11-24(16-29(26)39-41)22-7-3-20(4-8-22)15-27(36)33(44)40(31(42)23-9-5-21(18-35)6-10-23)25-12-14-28-30(17-25)38-34(45)37-28;/h3-4,7-8,11-14,16-17,19,21,23,27,39H,5-6,9-10,15,18,35-36H2,1-2H3,(H2,37,38,45);1H/t21?,23?,27-;/m0./s1. The Hall–Kier alpha value is -4.45. The van der Waals surface area contributed by atoms with E-state index in [1.54, 1.807) is 22.9 Å². The molecule has 0 aliphatic heterocycles. The molecule has 1 aliphatic carbocycles. The van der Waals surface area contributed by atoms with Gasteiger partial charge >= 0.3 is 5.69 Å². The van der Waals surface area contributed by atoms with E-state index in [0.29, 0.717) is 47.4 Å². The van der Waals surface area contributed by atoms with Gasteiger partial charge in [-0.25, -0.2) is 14.4 Å². The van der Waals surface area contributed by atoms with Gasteiger partial charge < -0.3 is 21.4 Å². The van der Waals surface area contributed by atoms with E-state index in [2.05, 4.69) is 15.1 Å². The number of imide groups is 1. The zero-order valence-electron chi connectivity index (χ0n) is 25.9. The lowest BCUT2D eigenvalue weighted by molar-refractivity contribution is -0.130. The van der Waals surface area contributed by atoms with E-state index in [0.717, 1.165) is 35.0 Å². The Balaban J connectivity index is 0.00000417. The normalized spacial score (nSPS) is 17.2. The van der Waals surface area contributed by atoms with Crippen LogP contribution >= 0.6 is 12.4 Å². The van der Waals surface area contributed by atoms with Crippen molar-refractivity contribution in [2.45, 2.75) is 58.0 Å². The predicted octanol–water partition coefficient (Wildman–Crippen LogP) is 4.36. The first-order valence-electron chi connectivity index (χ1n) is 15.5. The van der Waals surface area contributed by atoms with Gasteiger partial charge in [0.15, 0.2) is 0 Å². The maximum Gasteiger partial charge on any atom is 0.323 e. The van der Waals surface area contributed by atoms with Crippen molar-refractivity contribution in [3.63, 3.8) is 0 Å². The smallest absolute Gasteiger partial charge is 0.323 e. The predicted molar refractivity (Wildman–Crippen MR) is 183 cm³/mol. The highest BCUT2D eigenvalue weighted by atomic mass is 35.5. The molecule has 3 aromatic carbocycles. The molecule has 0 radical (unpaired) electrons. The van der Waals surface area contributed by atoms with Gasteiger partial charge in [0.25, 0.3) is 11.5 Å². The van der Waals surface area contributed by atoms with E-state index in [1.165, 1.54) is 4.90 Å². The highest BCUT2D eigenvalue weighted by molar-refractivity contribution is 6.17. The summed E-state index contributed by atoms with van der Waals surface area (Å²) in [4.78, 5) is 58.9. The molecule has 1 aliphatic rings. The summed E-state index contributed by atoms with van der Waals surface area (Å²) in [5.74, 6) is -0.700. The van der Waals surface area contributed by atoms with Gasteiger partial charge in [0.1, 0.15) is 0 Å². The highest BCUT2D eigenvalue weighted by Gasteiger charge is 2.35. The molecule has 1 atom stereocenters. The van der Waals surface area contributed by atoms with Crippen molar-refractivity contribution in [1.82, 2.24) is 19.7 Å². The van der Waals surface area contributed by atoms with E-state index >= 15 is 0 Å². The monoisotopic (exact) mass is 645 g/mol. The lowest BCUT2D eigenvalue weighted by Gasteiger charge is -2.32. The number of rotatable bonds is 8. The van der Waals surface area contributed by atoms with Gasteiger partial charge in [0.2, 0.25) is 5.91 Å². The van der Waals surface area contributed by atoms with Crippen LogP contribution in [0.15, 0.2) is 70.3 Å². The summed E-state index contributed by atoms with van der Waals surface area (Å²) in [5, 5.41) is 3.83. The molecule has 0 spiro atoms. The van der Waals surface area contributed by atoms with Crippen LogP contribution in [0, 0.1) is 11.8 Å². The molecular weight excluding hydrogens is 606 g/mol. The number of nitrogens with two attached hydrogens (primary N) is 2. The Labute approximate surface area is 271 Å². The van der Waals surface area contributed by atoms with Crippen molar-refractivity contribution in [3.05, 3.63) is 87.1 Å². The number of aromatic nitrogens is 4. The fourth-order valence-corrected chi connectivity index (χ4v) is 6.37. The molecule has 46 heavy (non-hydrogen) atoms. The number of nitrogens with zero attached hydrogens (tertiary/aromatic N) is 2. The molecule has 11 nitrogen and oxygen atoms in total. The average Bonchev–Trinajstić information content (AvgIpc) is 3.59. The van der Waals surface area contributed by atoms with Crippen LogP contribution in [-0.2, 0) is 16.0 Å². The summed E-state index contributed by atoms with van der Waals surface area (Å²) in [6.07, 6.45) is 3.22. The van der Waals surface area contributed by atoms with Crippen LogP contribution in [0.1, 0.15) is 51.1 Å². The van der Waals surface area contributed by atoms with Crippen molar-refractivity contribution < 1.29 is 9.59 Å². The van der Waals surface area contributed by atoms with E-state index < -0.39 is 11.9 Å². The van der Waals surface area contributed by atoms with Crippen molar-refractivity contribution >= 4 is 51.8 Å². The fourth-order valence-electron chi connectivity index (χ4n) is 6.37. The summed E-state index contributed by atoms with van der Waals surface area (Å²) in [5.41, 5.74) is 16.9. The number of imidazole rings is 1. The molecule has 12 heteroatoms. The quantitative estimate of drug-likeness (QED) is 0.167. The molecule has 242 valence electrons. The van der Waals surface area contributed by atoms with E-state index in [9.17, 15) is 19.2 Å². The first kappa shape index (κ1) is 32.9. The number of aromatic amines is 3. The number of carbonyl (C=O) groups is 2. The molecule has 7 N–H and O–H groups in total. The number of anilines is 1. The third-order valence-electron chi connectivity index (χ3n) is 9.01. The summed E-state index contributed by atoms with van der Waals surface area (Å²) >= 11 is 0. The molecule has 2 aromatic heterocycles. The van der Waals surface area contributed by atoms with Gasteiger partial charge in [-0.05, 0) is 105 Å². The van der Waals surface area contributed by atoms with Crippen molar-refractivity contribution in [3.8, 4) is 11.1 Å². The van der Waals surface area contributed by atoms with Crippen molar-refractivity contribution in [2.24, 2.45) is 23.3 Å². The molecule has 2 heterocycles. The zero-order chi connectivity index (χ0) is 31.8. The minimum atomic E-state index is -0.974. The number of halogens is 1. The molecule has 0 unspecified atom stereocenters. The second kappa shape index (κ2) is 13.5. The molecular formula is C34H40ClN7O4. The molecule has 0 saturated heterocycles. The number of benzene rings is 3. The van der Waals surface area contributed by atoms with Crippen molar-refractivity contribution in [1.29, 1.82) is 0 Å². The minimum Gasteiger partial charge on any atom is -0.330 e. The van der Waals surface area contributed by atoms with E-state index in [4.69, 9.17) is 11.5 Å². The SMILES string of the molecule is CC(C)n1[nH]c2cc(-c3ccc(C[C@H](N)C(=O)N(C(=O)C4CCC(CN)CC4)c4ccc5[nH]c(=O)[nH]c5c4)cc3)ccc2c1=O.Cl. The topological polar surface area (TPSA) is 176 Å². The Morgan fingerprint density at radius 3 is 2.24 bits per heavy atom. The number of hydrogen-bond acceptors (Lipinski definition) is 6. The molecule has 0 bridgehead atoms. The van der Waals surface area contributed by atoms with E-state index in [1.807, 2.05) is 56.3 Å². The van der Waals surface area contributed by atoms with E-state index in [-0.39, 0.29) is 47.9 Å².